The zero-order chi connectivity index (χ0) is 27.3. The molecule has 226 valence electrons. The molecule has 0 amide bonds. The van der Waals surface area contributed by atoms with Gasteiger partial charge in [-0.1, -0.05) is 43.2 Å². The van der Waals surface area contributed by atoms with Crippen molar-refractivity contribution in [3.63, 3.8) is 0 Å². The van der Waals surface area contributed by atoms with Crippen molar-refractivity contribution in [1.82, 2.24) is 47.9 Å². The second-order valence-electron chi connectivity index (χ2n) is 10.5. The summed E-state index contributed by atoms with van der Waals surface area (Å²) in [7, 11) is 0. The molecular weight excluding hydrogens is 486 g/mol. The van der Waals surface area contributed by atoms with E-state index in [0.717, 1.165) is 124 Å². The van der Waals surface area contributed by atoms with Gasteiger partial charge in [0.25, 0.3) is 0 Å². The normalized spacial score (nSPS) is 23.3. The maximum atomic E-state index is 3.78. The lowest BCUT2D eigenvalue weighted by Crippen LogP contribution is -2.44. The Morgan fingerprint density at radius 1 is 0.436 bits per heavy atom. The summed E-state index contributed by atoms with van der Waals surface area (Å²) in [5.41, 5.74) is 1.42. The minimum absolute atomic E-state index is 0.481. The van der Waals surface area contributed by atoms with Gasteiger partial charge in [0, 0.05) is 104 Å². The summed E-state index contributed by atoms with van der Waals surface area (Å²) in [6.07, 6.45) is 7.46. The summed E-state index contributed by atoms with van der Waals surface area (Å²) in [6.45, 7) is 17.6. The lowest BCUT2D eigenvalue weighted by molar-refractivity contribution is 0.440. The molecule has 0 spiro atoms. The highest BCUT2D eigenvalue weighted by Crippen LogP contribution is 2.04. The van der Waals surface area contributed by atoms with Crippen molar-refractivity contribution in [2.75, 3.05) is 111 Å². The highest BCUT2D eigenvalue weighted by molar-refractivity contribution is 5.14. The third kappa shape index (κ3) is 22.3. The largest absolute Gasteiger partial charge is 0.315 e. The van der Waals surface area contributed by atoms with E-state index in [1.807, 2.05) is 0 Å². The highest BCUT2D eigenvalue weighted by Gasteiger charge is 2.08. The Morgan fingerprint density at radius 3 is 1.33 bits per heavy atom. The Morgan fingerprint density at radius 2 is 0.846 bits per heavy atom. The predicted octanol–water partition coefficient (Wildman–Crippen LogP) is -0.132. The fourth-order valence-electron chi connectivity index (χ4n) is 4.69. The van der Waals surface area contributed by atoms with Crippen LogP contribution in [0.25, 0.3) is 0 Å². The van der Waals surface area contributed by atoms with Crippen molar-refractivity contribution in [2.45, 2.75) is 44.6 Å². The van der Waals surface area contributed by atoms with Crippen molar-refractivity contribution in [1.29, 1.82) is 0 Å². The van der Waals surface area contributed by atoms with Crippen LogP contribution in [-0.4, -0.2) is 117 Å². The number of nitrogens with one attached hydrogen (secondary N) is 9. The van der Waals surface area contributed by atoms with E-state index in [2.05, 4.69) is 78.2 Å². The van der Waals surface area contributed by atoms with Crippen molar-refractivity contribution >= 4 is 0 Å². The third-order valence-electron chi connectivity index (χ3n) is 7.08. The molecule has 0 radical (unpaired) electrons. The molecule has 1 aromatic carbocycles. The van der Waals surface area contributed by atoms with Crippen LogP contribution < -0.4 is 47.9 Å². The quantitative estimate of drug-likeness (QED) is 0.256. The van der Waals surface area contributed by atoms with Crippen LogP contribution in [0.4, 0.5) is 0 Å². The maximum absolute atomic E-state index is 3.78. The van der Waals surface area contributed by atoms with Gasteiger partial charge < -0.3 is 47.9 Å². The van der Waals surface area contributed by atoms with Crippen molar-refractivity contribution in [3.8, 4) is 0 Å². The SMILES string of the molecule is c1ccc(CCC2CNCCNCCNCCNCCNCCNCCCCCCNCCNCCN2)cc1. The molecule has 0 aliphatic carbocycles. The molecule has 0 bridgehead atoms. The summed E-state index contributed by atoms with van der Waals surface area (Å²) in [4.78, 5) is 0. The van der Waals surface area contributed by atoms with E-state index in [1.165, 1.54) is 31.2 Å². The Bertz CT molecular complexity index is 588. The molecule has 9 heteroatoms. The second kappa shape index (κ2) is 27.1. The second-order valence-corrected chi connectivity index (χ2v) is 10.5. The van der Waals surface area contributed by atoms with Gasteiger partial charge in [-0.05, 0) is 44.3 Å². The molecular formula is C30H61N9. The summed E-state index contributed by atoms with van der Waals surface area (Å²) in [5.74, 6) is 0. The van der Waals surface area contributed by atoms with E-state index in [1.54, 1.807) is 0 Å². The first-order valence-electron chi connectivity index (χ1n) is 15.9. The summed E-state index contributed by atoms with van der Waals surface area (Å²) in [5, 5.41) is 32.2. The Balaban J connectivity index is 1.62. The summed E-state index contributed by atoms with van der Waals surface area (Å²) >= 11 is 0. The van der Waals surface area contributed by atoms with E-state index in [0.29, 0.717) is 6.04 Å². The van der Waals surface area contributed by atoms with Gasteiger partial charge in [0.2, 0.25) is 0 Å². The van der Waals surface area contributed by atoms with E-state index in [4.69, 9.17) is 0 Å². The Hall–Kier alpha value is -1.14. The average molecular weight is 548 g/mol. The molecule has 0 aromatic heterocycles. The first kappa shape index (κ1) is 34.1. The minimum Gasteiger partial charge on any atom is -0.315 e. The first-order valence-corrected chi connectivity index (χ1v) is 15.9. The van der Waals surface area contributed by atoms with E-state index >= 15 is 0 Å². The number of aryl methyl sites for hydroxylation is 1. The lowest BCUT2D eigenvalue weighted by atomic mass is 10.1. The Labute approximate surface area is 239 Å². The van der Waals surface area contributed by atoms with Crippen LogP contribution in [0.5, 0.6) is 0 Å². The smallest absolute Gasteiger partial charge is 0.0196 e. The van der Waals surface area contributed by atoms with Gasteiger partial charge in [0.15, 0.2) is 0 Å². The van der Waals surface area contributed by atoms with Gasteiger partial charge in [-0.3, -0.25) is 0 Å². The van der Waals surface area contributed by atoms with Crippen LogP contribution >= 0.6 is 0 Å². The zero-order valence-electron chi connectivity index (χ0n) is 24.7. The van der Waals surface area contributed by atoms with E-state index in [-0.39, 0.29) is 0 Å². The number of rotatable bonds is 3. The molecule has 1 saturated heterocycles. The fraction of sp³-hybridized carbons (Fsp3) is 0.800. The van der Waals surface area contributed by atoms with Gasteiger partial charge in [-0.25, -0.2) is 0 Å². The summed E-state index contributed by atoms with van der Waals surface area (Å²) in [6, 6.07) is 11.3. The Kier molecular flexibility index (Phi) is 23.6. The van der Waals surface area contributed by atoms with Crippen molar-refractivity contribution in [2.24, 2.45) is 0 Å². The topological polar surface area (TPSA) is 108 Å². The van der Waals surface area contributed by atoms with Crippen LogP contribution in [0.2, 0.25) is 0 Å². The highest BCUT2D eigenvalue weighted by atomic mass is 15.0. The molecule has 9 nitrogen and oxygen atoms in total. The standard InChI is InChI=1S/C30H61N9/c1-2-7-13-32-15-17-37-26-27-39-30(11-10-29-8-4-3-5-9-29)28-38-25-24-36-23-22-35-21-20-34-19-18-33-16-14-31-12-6-1/h3-5,8-9,30-39H,1-2,6-7,10-28H2. The molecule has 0 saturated carbocycles. The predicted molar refractivity (Wildman–Crippen MR) is 168 cm³/mol. The van der Waals surface area contributed by atoms with Gasteiger partial charge in [-0.2, -0.15) is 0 Å². The first-order chi connectivity index (χ1) is 19.4. The number of hydrogen-bond donors (Lipinski definition) is 9. The van der Waals surface area contributed by atoms with Gasteiger partial charge in [0.1, 0.15) is 0 Å². The van der Waals surface area contributed by atoms with Crippen molar-refractivity contribution in [3.05, 3.63) is 35.9 Å². The molecule has 39 heavy (non-hydrogen) atoms. The summed E-state index contributed by atoms with van der Waals surface area (Å²) < 4.78 is 0. The van der Waals surface area contributed by atoms with Crippen LogP contribution in [0, 0.1) is 0 Å². The van der Waals surface area contributed by atoms with Crippen LogP contribution in [0.15, 0.2) is 30.3 Å². The third-order valence-corrected chi connectivity index (χ3v) is 7.08. The molecule has 1 aliphatic heterocycles. The fourth-order valence-corrected chi connectivity index (χ4v) is 4.69. The van der Waals surface area contributed by atoms with Gasteiger partial charge in [-0.15, -0.1) is 0 Å². The van der Waals surface area contributed by atoms with E-state index < -0.39 is 0 Å². The van der Waals surface area contributed by atoms with Gasteiger partial charge in [0.05, 0.1) is 0 Å². The molecule has 9 N–H and O–H groups in total. The van der Waals surface area contributed by atoms with Crippen LogP contribution in [0.1, 0.15) is 37.7 Å². The van der Waals surface area contributed by atoms with Gasteiger partial charge >= 0.3 is 0 Å². The molecule has 1 aliphatic rings. The molecule has 1 atom stereocenters. The molecule has 1 unspecified atom stereocenters. The number of hydrogen-bond acceptors (Lipinski definition) is 9. The lowest BCUT2D eigenvalue weighted by Gasteiger charge is -2.20. The molecule has 1 fully saturated rings. The molecule has 2 rings (SSSR count). The monoisotopic (exact) mass is 548 g/mol. The number of benzene rings is 1. The molecule has 1 aromatic rings. The maximum Gasteiger partial charge on any atom is 0.0196 e. The van der Waals surface area contributed by atoms with Crippen molar-refractivity contribution < 1.29 is 0 Å². The average Bonchev–Trinajstić information content (AvgIpc) is 2.96. The molecule has 1 heterocycles. The minimum atomic E-state index is 0.481. The van der Waals surface area contributed by atoms with Crippen LogP contribution in [0.3, 0.4) is 0 Å². The van der Waals surface area contributed by atoms with E-state index in [9.17, 15) is 0 Å². The zero-order valence-corrected chi connectivity index (χ0v) is 24.7. The van der Waals surface area contributed by atoms with Crippen LogP contribution in [-0.2, 0) is 6.42 Å².